The fraction of sp³-hybridized carbons (Fsp3) is 0.562. The number of nitrogens with one attached hydrogen (secondary N) is 2. The molecule has 1 amide bonds. The summed E-state index contributed by atoms with van der Waals surface area (Å²) in [6.07, 6.45) is 3.30. The molecule has 2 unspecified atom stereocenters. The van der Waals surface area contributed by atoms with Gasteiger partial charge in [-0.05, 0) is 45.5 Å². The minimum absolute atomic E-state index is 0.146. The van der Waals surface area contributed by atoms with E-state index in [2.05, 4.69) is 15.5 Å². The normalized spacial score (nSPS) is 20.9. The maximum atomic E-state index is 12.5. The standard InChI is InChI=1S/C16H25N3O3S/c1-12(19-10-6-7-13(11-19)17-2)16(20)18-14-8-4-5-9-15(14)23(3,21)22/h4-5,8-9,12-13,17H,6-7,10-11H2,1-3H3,(H,18,20). The third-order valence-corrected chi connectivity index (χ3v) is 5.49. The molecule has 1 saturated heterocycles. The third kappa shape index (κ3) is 4.53. The Morgan fingerprint density at radius 2 is 2.04 bits per heavy atom. The molecule has 0 saturated carbocycles. The molecular weight excluding hydrogens is 314 g/mol. The van der Waals surface area contributed by atoms with Crippen molar-refractivity contribution in [2.24, 2.45) is 0 Å². The van der Waals surface area contributed by atoms with Gasteiger partial charge in [0, 0.05) is 18.8 Å². The van der Waals surface area contributed by atoms with Crippen molar-refractivity contribution in [3.63, 3.8) is 0 Å². The Morgan fingerprint density at radius 3 is 2.70 bits per heavy atom. The van der Waals surface area contributed by atoms with E-state index in [-0.39, 0.29) is 16.8 Å². The van der Waals surface area contributed by atoms with E-state index in [1.54, 1.807) is 18.2 Å². The Bertz CT molecular complexity index is 660. The number of piperidine rings is 1. The lowest BCUT2D eigenvalue weighted by molar-refractivity contribution is -0.121. The van der Waals surface area contributed by atoms with E-state index < -0.39 is 9.84 Å². The molecular formula is C16H25N3O3S. The molecule has 2 rings (SSSR count). The molecule has 0 bridgehead atoms. The third-order valence-electron chi connectivity index (χ3n) is 4.33. The smallest absolute Gasteiger partial charge is 0.241 e. The van der Waals surface area contributed by atoms with Crippen LogP contribution in [0.2, 0.25) is 0 Å². The number of carbonyl (C=O) groups excluding carboxylic acids is 1. The van der Waals surface area contributed by atoms with Crippen molar-refractivity contribution in [1.82, 2.24) is 10.2 Å². The minimum Gasteiger partial charge on any atom is -0.324 e. The highest BCUT2D eigenvalue weighted by molar-refractivity contribution is 7.90. The zero-order valence-corrected chi connectivity index (χ0v) is 14.7. The SMILES string of the molecule is CNC1CCCN(C(C)C(=O)Nc2ccccc2S(C)(=O)=O)C1. The molecule has 1 aromatic carbocycles. The molecule has 0 aromatic heterocycles. The van der Waals surface area contributed by atoms with Crippen molar-refractivity contribution >= 4 is 21.4 Å². The fourth-order valence-corrected chi connectivity index (χ4v) is 3.73. The van der Waals surface area contributed by atoms with Gasteiger partial charge in [0.25, 0.3) is 0 Å². The first kappa shape index (κ1) is 17.9. The Labute approximate surface area is 138 Å². The number of sulfone groups is 1. The highest BCUT2D eigenvalue weighted by Crippen LogP contribution is 2.21. The van der Waals surface area contributed by atoms with Crippen LogP contribution in [0.1, 0.15) is 19.8 Å². The van der Waals surface area contributed by atoms with E-state index >= 15 is 0 Å². The van der Waals surface area contributed by atoms with Gasteiger partial charge >= 0.3 is 0 Å². The van der Waals surface area contributed by atoms with Gasteiger partial charge in [0.05, 0.1) is 16.6 Å². The predicted octanol–water partition coefficient (Wildman–Crippen LogP) is 1.10. The van der Waals surface area contributed by atoms with Gasteiger partial charge in [0.2, 0.25) is 5.91 Å². The number of hydrogen-bond donors (Lipinski definition) is 2. The van der Waals surface area contributed by atoms with E-state index in [0.717, 1.165) is 32.2 Å². The van der Waals surface area contributed by atoms with Gasteiger partial charge in [-0.25, -0.2) is 8.42 Å². The maximum Gasteiger partial charge on any atom is 0.241 e. The zero-order valence-electron chi connectivity index (χ0n) is 13.9. The van der Waals surface area contributed by atoms with Crippen LogP contribution in [0, 0.1) is 0 Å². The monoisotopic (exact) mass is 339 g/mol. The topological polar surface area (TPSA) is 78.5 Å². The van der Waals surface area contributed by atoms with Gasteiger partial charge < -0.3 is 10.6 Å². The number of amides is 1. The highest BCUT2D eigenvalue weighted by atomic mass is 32.2. The van der Waals surface area contributed by atoms with Gasteiger partial charge in [-0.1, -0.05) is 12.1 Å². The van der Waals surface area contributed by atoms with E-state index in [1.807, 2.05) is 14.0 Å². The molecule has 1 aliphatic rings. The molecule has 1 aliphatic heterocycles. The summed E-state index contributed by atoms with van der Waals surface area (Å²) in [6.45, 7) is 3.55. The first-order valence-corrected chi connectivity index (χ1v) is 9.73. The number of para-hydroxylation sites is 1. The van der Waals surface area contributed by atoms with Gasteiger partial charge in [0.15, 0.2) is 9.84 Å². The fourth-order valence-electron chi connectivity index (χ4n) is 2.89. The summed E-state index contributed by atoms with van der Waals surface area (Å²) < 4.78 is 23.6. The Hall–Kier alpha value is -1.44. The quantitative estimate of drug-likeness (QED) is 0.840. The second-order valence-corrected chi connectivity index (χ2v) is 8.04. The number of anilines is 1. The van der Waals surface area contributed by atoms with Crippen molar-refractivity contribution in [3.8, 4) is 0 Å². The number of benzene rings is 1. The molecule has 0 radical (unpaired) electrons. The Kier molecular flexibility index (Phi) is 5.78. The van der Waals surface area contributed by atoms with E-state index in [1.165, 1.54) is 6.07 Å². The van der Waals surface area contributed by atoms with Crippen LogP contribution < -0.4 is 10.6 Å². The van der Waals surface area contributed by atoms with Crippen LogP contribution in [0.15, 0.2) is 29.2 Å². The molecule has 2 N–H and O–H groups in total. The summed E-state index contributed by atoms with van der Waals surface area (Å²) in [5, 5.41) is 6.02. The zero-order chi connectivity index (χ0) is 17.0. The second kappa shape index (κ2) is 7.42. The van der Waals surface area contributed by atoms with E-state index in [9.17, 15) is 13.2 Å². The number of likely N-dealkylation sites (tertiary alicyclic amines) is 1. The Balaban J connectivity index is 2.10. The number of hydrogen-bond acceptors (Lipinski definition) is 5. The first-order chi connectivity index (χ1) is 10.8. The van der Waals surface area contributed by atoms with Crippen LogP contribution in [-0.2, 0) is 14.6 Å². The highest BCUT2D eigenvalue weighted by Gasteiger charge is 2.27. The average Bonchev–Trinajstić information content (AvgIpc) is 2.53. The molecule has 1 heterocycles. The number of carbonyl (C=O) groups is 1. The summed E-state index contributed by atoms with van der Waals surface area (Å²) >= 11 is 0. The molecule has 1 fully saturated rings. The molecule has 0 spiro atoms. The molecule has 23 heavy (non-hydrogen) atoms. The van der Waals surface area contributed by atoms with Gasteiger partial charge in [-0.2, -0.15) is 0 Å². The van der Waals surface area contributed by atoms with Crippen LogP contribution in [0.4, 0.5) is 5.69 Å². The summed E-state index contributed by atoms with van der Waals surface area (Å²) in [5.74, 6) is -0.183. The maximum absolute atomic E-state index is 12.5. The average molecular weight is 339 g/mol. The lowest BCUT2D eigenvalue weighted by Gasteiger charge is -2.36. The van der Waals surface area contributed by atoms with Gasteiger partial charge in [0.1, 0.15) is 0 Å². The molecule has 1 aromatic rings. The molecule has 6 nitrogen and oxygen atoms in total. The van der Waals surface area contributed by atoms with Gasteiger partial charge in [-0.3, -0.25) is 9.69 Å². The Morgan fingerprint density at radius 1 is 1.35 bits per heavy atom. The van der Waals surface area contributed by atoms with Crippen LogP contribution >= 0.6 is 0 Å². The second-order valence-electron chi connectivity index (χ2n) is 6.06. The van der Waals surface area contributed by atoms with Crippen LogP contribution in [0.25, 0.3) is 0 Å². The van der Waals surface area contributed by atoms with Crippen molar-refractivity contribution in [3.05, 3.63) is 24.3 Å². The van der Waals surface area contributed by atoms with E-state index in [4.69, 9.17) is 0 Å². The molecule has 2 atom stereocenters. The first-order valence-electron chi connectivity index (χ1n) is 7.84. The largest absolute Gasteiger partial charge is 0.324 e. The minimum atomic E-state index is -3.38. The predicted molar refractivity (Wildman–Crippen MR) is 91.3 cm³/mol. The molecule has 7 heteroatoms. The number of likely N-dealkylation sites (N-methyl/N-ethyl adjacent to an activating group) is 1. The number of rotatable bonds is 5. The van der Waals surface area contributed by atoms with Crippen molar-refractivity contribution in [2.75, 3.05) is 31.7 Å². The van der Waals surface area contributed by atoms with Crippen LogP contribution in [0.3, 0.4) is 0 Å². The van der Waals surface area contributed by atoms with Crippen LogP contribution in [-0.4, -0.2) is 57.7 Å². The lowest BCUT2D eigenvalue weighted by atomic mass is 10.0. The summed E-state index contributed by atoms with van der Waals surface area (Å²) in [4.78, 5) is 14.8. The van der Waals surface area contributed by atoms with Crippen molar-refractivity contribution in [1.29, 1.82) is 0 Å². The van der Waals surface area contributed by atoms with Crippen LogP contribution in [0.5, 0.6) is 0 Å². The summed E-state index contributed by atoms with van der Waals surface area (Å²) in [5.41, 5.74) is 0.342. The van der Waals surface area contributed by atoms with E-state index in [0.29, 0.717) is 11.7 Å². The lowest BCUT2D eigenvalue weighted by Crippen LogP contribution is -2.51. The number of nitrogens with zero attached hydrogens (tertiary/aromatic N) is 1. The van der Waals surface area contributed by atoms with Crippen molar-refractivity contribution in [2.45, 2.75) is 36.7 Å². The van der Waals surface area contributed by atoms with Gasteiger partial charge in [-0.15, -0.1) is 0 Å². The molecule has 0 aliphatic carbocycles. The summed E-state index contributed by atoms with van der Waals surface area (Å²) in [6, 6.07) is 6.58. The summed E-state index contributed by atoms with van der Waals surface area (Å²) in [7, 11) is -1.45. The van der Waals surface area contributed by atoms with Crippen molar-refractivity contribution < 1.29 is 13.2 Å². The molecule has 128 valence electrons.